The second kappa shape index (κ2) is 7.58. The van der Waals surface area contributed by atoms with Crippen LogP contribution in [-0.2, 0) is 16.0 Å². The molecule has 0 bridgehead atoms. The minimum atomic E-state index is -0.280. The lowest BCUT2D eigenvalue weighted by molar-refractivity contribution is -0.146. The quantitative estimate of drug-likeness (QED) is 0.509. The van der Waals surface area contributed by atoms with E-state index in [9.17, 15) is 4.79 Å². The van der Waals surface area contributed by atoms with E-state index in [0.717, 1.165) is 35.1 Å². The Morgan fingerprint density at radius 2 is 2.10 bits per heavy atom. The summed E-state index contributed by atoms with van der Waals surface area (Å²) in [6.45, 7) is 5.32. The fourth-order valence-corrected chi connectivity index (χ4v) is 3.64. The van der Waals surface area contributed by atoms with E-state index >= 15 is 0 Å². The first-order chi connectivity index (χ1) is 13.9. The van der Waals surface area contributed by atoms with Gasteiger partial charge in [0.2, 0.25) is 5.82 Å². The monoisotopic (exact) mass is 393 g/mol. The molecular formula is C22H23N3O4. The number of aromatic nitrogens is 2. The van der Waals surface area contributed by atoms with Gasteiger partial charge in [0.1, 0.15) is 11.9 Å². The zero-order valence-corrected chi connectivity index (χ0v) is 16.6. The van der Waals surface area contributed by atoms with Crippen LogP contribution < -0.4 is 10.5 Å². The molecule has 0 spiro atoms. The van der Waals surface area contributed by atoms with E-state index < -0.39 is 0 Å². The predicted molar refractivity (Wildman–Crippen MR) is 108 cm³/mol. The molecule has 1 aliphatic carbocycles. The minimum Gasteiger partial charge on any atom is -0.489 e. The molecule has 3 aromatic rings. The Labute approximate surface area is 168 Å². The Bertz CT molecular complexity index is 1060. The van der Waals surface area contributed by atoms with Gasteiger partial charge in [-0.3, -0.25) is 4.79 Å². The van der Waals surface area contributed by atoms with Crippen molar-refractivity contribution in [2.45, 2.75) is 45.8 Å². The lowest BCUT2D eigenvalue weighted by Gasteiger charge is -2.12. The zero-order valence-electron chi connectivity index (χ0n) is 16.6. The zero-order chi connectivity index (χ0) is 20.5. The molecule has 2 aromatic carbocycles. The molecular weight excluding hydrogens is 370 g/mol. The van der Waals surface area contributed by atoms with Gasteiger partial charge in [-0.2, -0.15) is 4.98 Å². The summed E-state index contributed by atoms with van der Waals surface area (Å²) in [6.07, 6.45) is 1.36. The van der Waals surface area contributed by atoms with E-state index in [0.29, 0.717) is 23.2 Å². The number of esters is 1. The van der Waals surface area contributed by atoms with Gasteiger partial charge in [-0.15, -0.1) is 0 Å². The van der Waals surface area contributed by atoms with Crippen LogP contribution in [0.15, 0.2) is 40.9 Å². The SMILES string of the molecule is CC(=O)O[C@@H]1CCc2c(-c3noc(-c4ccc(OC(C)C)c(N)c4)n3)cccc21. The molecule has 1 atom stereocenters. The first kappa shape index (κ1) is 19.0. The van der Waals surface area contributed by atoms with Gasteiger partial charge in [0.25, 0.3) is 5.89 Å². The van der Waals surface area contributed by atoms with Gasteiger partial charge in [0.15, 0.2) is 0 Å². The second-order valence-electron chi connectivity index (χ2n) is 7.35. The Hall–Kier alpha value is -3.35. The number of nitrogens with two attached hydrogens (primary N) is 1. The molecule has 0 unspecified atom stereocenters. The standard InChI is InChI=1S/C22H23N3O4/c1-12(2)27-20-9-7-14(11-18(20)23)22-24-21(25-29-22)17-6-4-5-16-15(17)8-10-19(16)28-13(3)26/h4-7,9,11-12,19H,8,10,23H2,1-3H3/t19-/m1/s1. The number of carbonyl (C=O) groups is 1. The summed E-state index contributed by atoms with van der Waals surface area (Å²) in [5.41, 5.74) is 10.3. The summed E-state index contributed by atoms with van der Waals surface area (Å²) in [6, 6.07) is 11.3. The van der Waals surface area contributed by atoms with Crippen molar-refractivity contribution in [1.29, 1.82) is 0 Å². The highest BCUT2D eigenvalue weighted by molar-refractivity contribution is 5.70. The fraction of sp³-hybridized carbons (Fsp3) is 0.318. The number of carbonyl (C=O) groups excluding carboxylic acids is 1. The molecule has 29 heavy (non-hydrogen) atoms. The molecule has 0 saturated carbocycles. The summed E-state index contributed by atoms with van der Waals surface area (Å²) in [4.78, 5) is 15.9. The molecule has 1 aliphatic rings. The van der Waals surface area contributed by atoms with E-state index in [1.165, 1.54) is 6.92 Å². The number of hydrogen-bond donors (Lipinski definition) is 1. The molecule has 7 nitrogen and oxygen atoms in total. The Morgan fingerprint density at radius 3 is 2.83 bits per heavy atom. The largest absolute Gasteiger partial charge is 0.489 e. The summed E-state index contributed by atoms with van der Waals surface area (Å²) in [5, 5.41) is 4.16. The third-order valence-electron chi connectivity index (χ3n) is 4.81. The summed E-state index contributed by atoms with van der Waals surface area (Å²) >= 11 is 0. The van der Waals surface area contributed by atoms with Crippen molar-refractivity contribution in [1.82, 2.24) is 10.1 Å². The van der Waals surface area contributed by atoms with Gasteiger partial charge in [-0.05, 0) is 56.0 Å². The van der Waals surface area contributed by atoms with Crippen molar-refractivity contribution >= 4 is 11.7 Å². The van der Waals surface area contributed by atoms with Crippen molar-refractivity contribution in [2.24, 2.45) is 0 Å². The molecule has 7 heteroatoms. The van der Waals surface area contributed by atoms with Gasteiger partial charge < -0.3 is 19.7 Å². The van der Waals surface area contributed by atoms with E-state index in [1.54, 1.807) is 12.1 Å². The van der Waals surface area contributed by atoms with Crippen LogP contribution in [0.4, 0.5) is 5.69 Å². The van der Waals surface area contributed by atoms with Crippen LogP contribution in [0.1, 0.15) is 44.4 Å². The van der Waals surface area contributed by atoms with Gasteiger partial charge in [0.05, 0.1) is 11.8 Å². The van der Waals surface area contributed by atoms with E-state index in [-0.39, 0.29) is 18.2 Å². The predicted octanol–water partition coefficient (Wildman–Crippen LogP) is 4.32. The number of nitrogen functional groups attached to an aromatic ring is 1. The van der Waals surface area contributed by atoms with Gasteiger partial charge >= 0.3 is 5.97 Å². The maximum absolute atomic E-state index is 11.4. The van der Waals surface area contributed by atoms with Crippen molar-refractivity contribution in [3.05, 3.63) is 47.5 Å². The Balaban J connectivity index is 1.63. The molecule has 4 rings (SSSR count). The topological polar surface area (TPSA) is 100 Å². The molecule has 0 radical (unpaired) electrons. The third-order valence-corrected chi connectivity index (χ3v) is 4.81. The van der Waals surface area contributed by atoms with Crippen LogP contribution in [0, 0.1) is 0 Å². The van der Waals surface area contributed by atoms with Crippen LogP contribution >= 0.6 is 0 Å². The van der Waals surface area contributed by atoms with Crippen LogP contribution in [0.3, 0.4) is 0 Å². The molecule has 150 valence electrons. The van der Waals surface area contributed by atoms with Gasteiger partial charge in [0, 0.05) is 18.1 Å². The number of fused-ring (bicyclic) bond motifs is 1. The maximum Gasteiger partial charge on any atom is 0.303 e. The fourth-order valence-electron chi connectivity index (χ4n) is 3.64. The second-order valence-corrected chi connectivity index (χ2v) is 7.35. The molecule has 0 fully saturated rings. The van der Waals surface area contributed by atoms with Crippen molar-refractivity contribution in [2.75, 3.05) is 5.73 Å². The lowest BCUT2D eigenvalue weighted by Crippen LogP contribution is -2.07. The number of hydrogen-bond acceptors (Lipinski definition) is 7. The van der Waals surface area contributed by atoms with Crippen LogP contribution in [0.2, 0.25) is 0 Å². The number of anilines is 1. The highest BCUT2D eigenvalue weighted by atomic mass is 16.5. The normalized spacial score (nSPS) is 15.4. The molecule has 1 aromatic heterocycles. The number of benzene rings is 2. The smallest absolute Gasteiger partial charge is 0.303 e. The van der Waals surface area contributed by atoms with Gasteiger partial charge in [-0.25, -0.2) is 0 Å². The molecule has 0 saturated heterocycles. The van der Waals surface area contributed by atoms with E-state index in [1.807, 2.05) is 38.1 Å². The van der Waals surface area contributed by atoms with Crippen LogP contribution in [-0.4, -0.2) is 22.2 Å². The maximum atomic E-state index is 11.4. The summed E-state index contributed by atoms with van der Waals surface area (Å²) in [7, 11) is 0. The van der Waals surface area contributed by atoms with Crippen LogP contribution in [0.25, 0.3) is 22.8 Å². The molecule has 2 N–H and O–H groups in total. The lowest BCUT2D eigenvalue weighted by atomic mass is 10.0. The highest BCUT2D eigenvalue weighted by Crippen LogP contribution is 2.39. The average molecular weight is 393 g/mol. The Morgan fingerprint density at radius 1 is 1.28 bits per heavy atom. The summed E-state index contributed by atoms with van der Waals surface area (Å²) in [5.74, 6) is 1.23. The highest BCUT2D eigenvalue weighted by Gasteiger charge is 2.28. The van der Waals surface area contributed by atoms with E-state index in [2.05, 4.69) is 10.1 Å². The molecule has 0 amide bonds. The van der Waals surface area contributed by atoms with Crippen molar-refractivity contribution in [3.63, 3.8) is 0 Å². The minimum absolute atomic E-state index is 0.0362. The third kappa shape index (κ3) is 3.81. The Kier molecular flexibility index (Phi) is 4.96. The number of nitrogens with zero attached hydrogens (tertiary/aromatic N) is 2. The molecule has 0 aliphatic heterocycles. The van der Waals surface area contributed by atoms with E-state index in [4.69, 9.17) is 19.7 Å². The van der Waals surface area contributed by atoms with Crippen molar-refractivity contribution in [3.8, 4) is 28.6 Å². The number of rotatable bonds is 5. The first-order valence-electron chi connectivity index (χ1n) is 9.62. The number of ether oxygens (including phenoxy) is 2. The molecule has 1 heterocycles. The van der Waals surface area contributed by atoms with Crippen LogP contribution in [0.5, 0.6) is 5.75 Å². The first-order valence-corrected chi connectivity index (χ1v) is 9.62. The summed E-state index contributed by atoms with van der Waals surface area (Å²) < 4.78 is 16.6. The van der Waals surface area contributed by atoms with Gasteiger partial charge in [-0.1, -0.05) is 23.4 Å². The average Bonchev–Trinajstić information content (AvgIpc) is 3.30. The van der Waals surface area contributed by atoms with Crippen molar-refractivity contribution < 1.29 is 18.8 Å².